The second kappa shape index (κ2) is 5.67. The predicted octanol–water partition coefficient (Wildman–Crippen LogP) is 1.78. The lowest BCUT2D eigenvalue weighted by molar-refractivity contribution is -0.127. The number of hydrogen-bond donors (Lipinski definition) is 1. The van der Waals surface area contributed by atoms with Crippen molar-refractivity contribution in [2.45, 2.75) is 51.5 Å². The van der Waals surface area contributed by atoms with Crippen LogP contribution in [-0.2, 0) is 4.79 Å². The lowest BCUT2D eigenvalue weighted by Gasteiger charge is -2.33. The van der Waals surface area contributed by atoms with E-state index in [1.807, 2.05) is 0 Å². The number of likely N-dealkylation sites (tertiary alicyclic amines) is 1. The summed E-state index contributed by atoms with van der Waals surface area (Å²) >= 11 is 0. The molecule has 3 nitrogen and oxygen atoms in total. The van der Waals surface area contributed by atoms with Crippen molar-refractivity contribution in [3.8, 4) is 0 Å². The first-order valence-corrected chi connectivity index (χ1v) is 6.79. The van der Waals surface area contributed by atoms with Gasteiger partial charge in [0.1, 0.15) is 0 Å². The number of carbonyl (C=O) groups is 1. The lowest BCUT2D eigenvalue weighted by atomic mass is 9.85. The second-order valence-corrected chi connectivity index (χ2v) is 5.30. The third-order valence-corrected chi connectivity index (χ3v) is 4.11. The van der Waals surface area contributed by atoms with E-state index < -0.39 is 0 Å². The Balaban J connectivity index is 1.61. The maximum absolute atomic E-state index is 11.6. The van der Waals surface area contributed by atoms with E-state index in [0.717, 1.165) is 25.9 Å². The molecule has 1 aliphatic heterocycles. The Morgan fingerprint density at radius 1 is 1.25 bits per heavy atom. The van der Waals surface area contributed by atoms with E-state index in [4.69, 9.17) is 0 Å². The molecule has 0 aromatic rings. The fourth-order valence-corrected chi connectivity index (χ4v) is 2.63. The van der Waals surface area contributed by atoms with E-state index in [1.165, 1.54) is 32.2 Å². The van der Waals surface area contributed by atoms with Gasteiger partial charge >= 0.3 is 0 Å². The summed E-state index contributed by atoms with van der Waals surface area (Å²) in [5.41, 5.74) is 0. The van der Waals surface area contributed by atoms with Crippen LogP contribution in [0, 0.1) is 5.92 Å². The molecule has 1 saturated heterocycles. The topological polar surface area (TPSA) is 32.3 Å². The summed E-state index contributed by atoms with van der Waals surface area (Å²) in [6.45, 7) is 5.37. The van der Waals surface area contributed by atoms with E-state index in [1.54, 1.807) is 0 Å². The average molecular weight is 224 g/mol. The van der Waals surface area contributed by atoms with Gasteiger partial charge in [0.25, 0.3) is 0 Å². The molecule has 1 heterocycles. The Hall–Kier alpha value is -0.570. The molecule has 0 radical (unpaired) electrons. The molecule has 92 valence electrons. The first-order valence-electron chi connectivity index (χ1n) is 6.79. The number of piperidine rings is 1. The van der Waals surface area contributed by atoms with Crippen LogP contribution in [-0.4, -0.2) is 36.5 Å². The Kier molecular flexibility index (Phi) is 4.22. The molecule has 3 heteroatoms. The largest absolute Gasteiger partial charge is 0.355 e. The fourth-order valence-electron chi connectivity index (χ4n) is 2.63. The van der Waals surface area contributed by atoms with Crippen LogP contribution in [0.1, 0.15) is 45.4 Å². The third-order valence-electron chi connectivity index (χ3n) is 4.11. The molecule has 0 aromatic heterocycles. The Morgan fingerprint density at radius 3 is 2.69 bits per heavy atom. The average Bonchev–Trinajstić information content (AvgIpc) is 2.18. The van der Waals surface area contributed by atoms with Gasteiger partial charge in [0, 0.05) is 25.0 Å². The fraction of sp³-hybridized carbons (Fsp3) is 0.923. The van der Waals surface area contributed by atoms with E-state index in [-0.39, 0.29) is 5.91 Å². The number of rotatable bonds is 4. The van der Waals surface area contributed by atoms with Crippen LogP contribution in [0.3, 0.4) is 0 Å². The molecular weight excluding hydrogens is 200 g/mol. The summed E-state index contributed by atoms with van der Waals surface area (Å²) in [4.78, 5) is 14.1. The highest BCUT2D eigenvalue weighted by Gasteiger charge is 2.25. The van der Waals surface area contributed by atoms with E-state index in [0.29, 0.717) is 12.0 Å². The van der Waals surface area contributed by atoms with Gasteiger partial charge in [-0.3, -0.25) is 9.69 Å². The molecule has 0 aromatic carbocycles. The maximum atomic E-state index is 11.6. The quantitative estimate of drug-likeness (QED) is 0.789. The number of nitrogens with one attached hydrogen (secondary N) is 1. The Morgan fingerprint density at radius 2 is 2.06 bits per heavy atom. The molecule has 2 aliphatic rings. The molecule has 1 saturated carbocycles. The summed E-state index contributed by atoms with van der Waals surface area (Å²) in [5, 5.41) is 3.07. The van der Waals surface area contributed by atoms with Crippen LogP contribution in [0.5, 0.6) is 0 Å². The summed E-state index contributed by atoms with van der Waals surface area (Å²) < 4.78 is 0. The van der Waals surface area contributed by atoms with Crippen molar-refractivity contribution in [2.24, 2.45) is 5.92 Å². The summed E-state index contributed by atoms with van der Waals surface area (Å²) in [7, 11) is 0. The molecule has 16 heavy (non-hydrogen) atoms. The first kappa shape index (κ1) is 11.9. The molecule has 2 fully saturated rings. The monoisotopic (exact) mass is 224 g/mol. The van der Waals surface area contributed by atoms with Crippen molar-refractivity contribution in [1.82, 2.24) is 10.2 Å². The minimum absolute atomic E-state index is 0.288. The highest BCUT2D eigenvalue weighted by Crippen LogP contribution is 2.26. The Bertz CT molecular complexity index is 238. The van der Waals surface area contributed by atoms with Crippen LogP contribution in [0.15, 0.2) is 0 Å². The van der Waals surface area contributed by atoms with Crippen molar-refractivity contribution < 1.29 is 4.79 Å². The summed E-state index contributed by atoms with van der Waals surface area (Å²) in [6.07, 6.45) is 7.45. The molecule has 2 rings (SSSR count). The van der Waals surface area contributed by atoms with Crippen molar-refractivity contribution in [3.63, 3.8) is 0 Å². The molecule has 0 bridgehead atoms. The third kappa shape index (κ3) is 2.97. The molecular formula is C13H24N2O. The zero-order valence-corrected chi connectivity index (χ0v) is 10.4. The maximum Gasteiger partial charge on any atom is 0.223 e. The molecule has 1 N–H and O–H groups in total. The minimum atomic E-state index is 0.288. The number of amides is 1. The van der Waals surface area contributed by atoms with Crippen molar-refractivity contribution >= 4 is 5.91 Å². The van der Waals surface area contributed by atoms with E-state index >= 15 is 0 Å². The van der Waals surface area contributed by atoms with Crippen LogP contribution in [0.4, 0.5) is 0 Å². The van der Waals surface area contributed by atoms with Gasteiger partial charge in [-0.2, -0.15) is 0 Å². The SMILES string of the molecule is C[C@@H]1CCCCN1CCNC(=O)C1CCC1. The van der Waals surface area contributed by atoms with Crippen LogP contribution >= 0.6 is 0 Å². The predicted molar refractivity (Wildman–Crippen MR) is 65.2 cm³/mol. The molecule has 0 spiro atoms. The number of carbonyl (C=O) groups excluding carboxylic acids is 1. The number of nitrogens with zero attached hydrogens (tertiary/aromatic N) is 1. The van der Waals surface area contributed by atoms with Gasteiger partial charge < -0.3 is 5.32 Å². The zero-order chi connectivity index (χ0) is 11.4. The standard InChI is InChI=1S/C13H24N2O/c1-11-5-2-3-9-15(11)10-8-14-13(16)12-6-4-7-12/h11-12H,2-10H2,1H3,(H,14,16)/t11-/m1/s1. The second-order valence-electron chi connectivity index (χ2n) is 5.30. The molecule has 1 atom stereocenters. The van der Waals surface area contributed by atoms with Gasteiger partial charge in [-0.05, 0) is 39.2 Å². The minimum Gasteiger partial charge on any atom is -0.355 e. The normalized spacial score (nSPS) is 27.4. The summed E-state index contributed by atoms with van der Waals surface area (Å²) in [5.74, 6) is 0.620. The Labute approximate surface area is 98.6 Å². The highest BCUT2D eigenvalue weighted by atomic mass is 16.1. The van der Waals surface area contributed by atoms with Crippen LogP contribution < -0.4 is 5.32 Å². The van der Waals surface area contributed by atoms with Gasteiger partial charge in [0.05, 0.1) is 0 Å². The lowest BCUT2D eigenvalue weighted by Crippen LogP contribution is -2.44. The van der Waals surface area contributed by atoms with Crippen LogP contribution in [0.2, 0.25) is 0 Å². The number of hydrogen-bond acceptors (Lipinski definition) is 2. The van der Waals surface area contributed by atoms with Gasteiger partial charge in [-0.15, -0.1) is 0 Å². The molecule has 1 aliphatic carbocycles. The van der Waals surface area contributed by atoms with Gasteiger partial charge in [0.2, 0.25) is 5.91 Å². The molecule has 0 unspecified atom stereocenters. The van der Waals surface area contributed by atoms with Crippen molar-refractivity contribution in [2.75, 3.05) is 19.6 Å². The smallest absolute Gasteiger partial charge is 0.223 e. The van der Waals surface area contributed by atoms with Gasteiger partial charge in [-0.1, -0.05) is 12.8 Å². The summed E-state index contributed by atoms with van der Waals surface area (Å²) in [6, 6.07) is 0.703. The van der Waals surface area contributed by atoms with Crippen LogP contribution in [0.25, 0.3) is 0 Å². The van der Waals surface area contributed by atoms with E-state index in [2.05, 4.69) is 17.1 Å². The highest BCUT2D eigenvalue weighted by molar-refractivity contribution is 5.79. The zero-order valence-electron chi connectivity index (χ0n) is 10.4. The molecule has 1 amide bonds. The van der Waals surface area contributed by atoms with Gasteiger partial charge in [0.15, 0.2) is 0 Å². The van der Waals surface area contributed by atoms with Gasteiger partial charge in [-0.25, -0.2) is 0 Å². The first-order chi connectivity index (χ1) is 7.77. The van der Waals surface area contributed by atoms with Crippen molar-refractivity contribution in [1.29, 1.82) is 0 Å². The van der Waals surface area contributed by atoms with E-state index in [9.17, 15) is 4.79 Å². The van der Waals surface area contributed by atoms with Crippen molar-refractivity contribution in [3.05, 3.63) is 0 Å².